The molecule has 0 radical (unpaired) electrons. The van der Waals surface area contributed by atoms with E-state index in [1.165, 1.54) is 36.5 Å². The fourth-order valence-electron chi connectivity index (χ4n) is 4.14. The van der Waals surface area contributed by atoms with Gasteiger partial charge in [0.25, 0.3) is 5.91 Å². The molecule has 172 valence electrons. The zero-order valence-corrected chi connectivity index (χ0v) is 17.9. The van der Waals surface area contributed by atoms with Crippen molar-refractivity contribution in [2.45, 2.75) is 0 Å². The molecule has 3 aliphatic heterocycles. The number of nitrogens with zero attached hydrogens (tertiary/aromatic N) is 5. The maximum absolute atomic E-state index is 14.2. The van der Waals surface area contributed by atoms with Crippen LogP contribution in [0.25, 0.3) is 5.57 Å². The first-order valence-corrected chi connectivity index (χ1v) is 10.7. The molecular formula is C24H19F2N5O3. The quantitative estimate of drug-likeness (QED) is 0.698. The highest BCUT2D eigenvalue weighted by atomic mass is 19.1. The standard InChI is InChI=1S/C24H19F2N5O3/c25-15-5-7-16(8-6-15)29-9-11-30(12-10-29)20(32)14-31-23(33)22-21(28-24(31)34)18(13-27-22)17-3-1-2-4-19(17)26/h1-8,13H,9-12,14H2. The molecule has 3 heterocycles. The van der Waals surface area contributed by atoms with Gasteiger partial charge in [-0.2, -0.15) is 4.99 Å². The van der Waals surface area contributed by atoms with E-state index in [0.717, 1.165) is 10.6 Å². The molecule has 2 aromatic carbocycles. The first-order valence-electron chi connectivity index (χ1n) is 10.7. The summed E-state index contributed by atoms with van der Waals surface area (Å²) in [4.78, 5) is 50.7. The third-order valence-electron chi connectivity index (χ3n) is 5.97. The van der Waals surface area contributed by atoms with E-state index in [-0.39, 0.29) is 34.3 Å². The molecular weight excluding hydrogens is 444 g/mol. The Bertz CT molecular complexity index is 1280. The van der Waals surface area contributed by atoms with Crippen LogP contribution in [0.4, 0.5) is 19.3 Å². The Labute approximate surface area is 193 Å². The monoisotopic (exact) mass is 463 g/mol. The normalized spacial score (nSPS) is 17.9. The Balaban J connectivity index is 1.25. The highest BCUT2D eigenvalue weighted by Gasteiger charge is 2.40. The number of hydrogen-bond acceptors (Lipinski definition) is 5. The summed E-state index contributed by atoms with van der Waals surface area (Å²) in [6.07, 6.45) is 1.30. The van der Waals surface area contributed by atoms with E-state index >= 15 is 0 Å². The summed E-state index contributed by atoms with van der Waals surface area (Å²) in [5, 5.41) is 0. The minimum atomic E-state index is -0.888. The highest BCUT2D eigenvalue weighted by molar-refractivity contribution is 6.78. The van der Waals surface area contributed by atoms with Gasteiger partial charge in [-0.05, 0) is 30.3 Å². The summed E-state index contributed by atoms with van der Waals surface area (Å²) >= 11 is 0. The average molecular weight is 463 g/mol. The summed E-state index contributed by atoms with van der Waals surface area (Å²) in [5.41, 5.74) is 1.21. The summed E-state index contributed by atoms with van der Waals surface area (Å²) in [6.45, 7) is 1.38. The van der Waals surface area contributed by atoms with Crippen molar-refractivity contribution >= 4 is 40.5 Å². The van der Waals surface area contributed by atoms with E-state index in [4.69, 9.17) is 0 Å². The van der Waals surface area contributed by atoms with Gasteiger partial charge < -0.3 is 9.80 Å². The van der Waals surface area contributed by atoms with Gasteiger partial charge >= 0.3 is 6.03 Å². The van der Waals surface area contributed by atoms with Crippen LogP contribution in [-0.4, -0.2) is 71.8 Å². The van der Waals surface area contributed by atoms with Crippen molar-refractivity contribution in [3.05, 3.63) is 71.9 Å². The van der Waals surface area contributed by atoms with Gasteiger partial charge in [0.2, 0.25) is 5.91 Å². The highest BCUT2D eigenvalue weighted by Crippen LogP contribution is 2.27. The molecule has 34 heavy (non-hydrogen) atoms. The zero-order chi connectivity index (χ0) is 23.8. The van der Waals surface area contributed by atoms with Gasteiger partial charge in [0.15, 0.2) is 5.71 Å². The molecule has 5 rings (SSSR count). The van der Waals surface area contributed by atoms with Crippen molar-refractivity contribution in [1.82, 2.24) is 9.80 Å². The number of halogens is 2. The fourth-order valence-corrected chi connectivity index (χ4v) is 4.14. The molecule has 2 aromatic rings. The number of imide groups is 1. The van der Waals surface area contributed by atoms with Crippen molar-refractivity contribution in [2.75, 3.05) is 37.6 Å². The number of anilines is 1. The summed E-state index contributed by atoms with van der Waals surface area (Å²) < 4.78 is 27.4. The number of amides is 4. The fraction of sp³-hybridized carbons (Fsp3) is 0.208. The lowest BCUT2D eigenvalue weighted by atomic mass is 9.99. The van der Waals surface area contributed by atoms with E-state index in [9.17, 15) is 23.2 Å². The van der Waals surface area contributed by atoms with E-state index in [2.05, 4.69) is 9.98 Å². The number of hydrogen-bond donors (Lipinski definition) is 0. The lowest BCUT2D eigenvalue weighted by Crippen LogP contribution is -2.54. The Morgan fingerprint density at radius 1 is 0.912 bits per heavy atom. The molecule has 0 unspecified atom stereocenters. The van der Waals surface area contributed by atoms with Crippen molar-refractivity contribution < 1.29 is 23.2 Å². The second-order valence-electron chi connectivity index (χ2n) is 7.98. The smallest absolute Gasteiger partial charge is 0.351 e. The Morgan fingerprint density at radius 3 is 2.32 bits per heavy atom. The molecule has 3 aliphatic rings. The van der Waals surface area contributed by atoms with Gasteiger partial charge in [-0.25, -0.2) is 23.5 Å². The second-order valence-corrected chi connectivity index (χ2v) is 7.98. The number of allylic oxidation sites excluding steroid dienone is 1. The van der Waals surface area contributed by atoms with Crippen LogP contribution in [0.2, 0.25) is 0 Å². The lowest BCUT2D eigenvalue weighted by Gasteiger charge is -2.37. The molecule has 10 heteroatoms. The van der Waals surface area contributed by atoms with Crippen molar-refractivity contribution in [3.8, 4) is 0 Å². The maximum Gasteiger partial charge on any atom is 0.351 e. The van der Waals surface area contributed by atoms with Crippen LogP contribution in [0.3, 0.4) is 0 Å². The molecule has 0 aliphatic carbocycles. The maximum atomic E-state index is 14.2. The predicted molar refractivity (Wildman–Crippen MR) is 122 cm³/mol. The van der Waals surface area contributed by atoms with Crippen molar-refractivity contribution in [3.63, 3.8) is 0 Å². The van der Waals surface area contributed by atoms with Crippen molar-refractivity contribution in [2.24, 2.45) is 9.98 Å². The minimum Gasteiger partial charge on any atom is -0.368 e. The number of piperazine rings is 1. The Hall–Kier alpha value is -4.21. The number of carbonyl (C=O) groups is 3. The Morgan fingerprint density at radius 2 is 1.62 bits per heavy atom. The lowest BCUT2D eigenvalue weighted by molar-refractivity contribution is -0.135. The number of benzene rings is 2. The van der Waals surface area contributed by atoms with Crippen molar-refractivity contribution in [1.29, 1.82) is 0 Å². The molecule has 4 amide bonds. The zero-order valence-electron chi connectivity index (χ0n) is 17.9. The second kappa shape index (κ2) is 8.62. The number of urea groups is 1. The molecule has 0 N–H and O–H groups in total. The van der Waals surface area contributed by atoms with Crippen LogP contribution in [0.15, 0.2) is 64.7 Å². The van der Waals surface area contributed by atoms with Crippen LogP contribution in [-0.2, 0) is 9.59 Å². The van der Waals surface area contributed by atoms with Gasteiger partial charge in [0, 0.05) is 49.2 Å². The van der Waals surface area contributed by atoms with Gasteiger partial charge in [0.1, 0.15) is 23.9 Å². The average Bonchev–Trinajstić information content (AvgIpc) is 3.26. The predicted octanol–water partition coefficient (Wildman–Crippen LogP) is 2.51. The molecule has 0 spiro atoms. The molecule has 0 saturated carbocycles. The first-order chi connectivity index (χ1) is 16.4. The molecule has 1 fully saturated rings. The number of aliphatic imine (C=N–C) groups is 2. The van der Waals surface area contributed by atoms with E-state index in [1.54, 1.807) is 23.1 Å². The van der Waals surface area contributed by atoms with E-state index in [0.29, 0.717) is 26.2 Å². The number of rotatable bonds is 4. The van der Waals surface area contributed by atoms with Gasteiger partial charge in [-0.1, -0.05) is 18.2 Å². The molecule has 1 saturated heterocycles. The molecule has 0 bridgehead atoms. The molecule has 0 atom stereocenters. The SMILES string of the molecule is O=C(CN1C(=O)N=C2C(c3ccccc3F)=CN=C2C1=O)N1CCN(c2ccc(F)cc2)CC1. The van der Waals surface area contributed by atoms with Gasteiger partial charge in [0.05, 0.1) is 0 Å². The third-order valence-corrected chi connectivity index (χ3v) is 5.97. The summed E-state index contributed by atoms with van der Waals surface area (Å²) in [6, 6.07) is 11.2. The van der Waals surface area contributed by atoms with Gasteiger partial charge in [-0.15, -0.1) is 0 Å². The number of carbonyl (C=O) groups excluding carboxylic acids is 3. The molecule has 8 nitrogen and oxygen atoms in total. The summed E-state index contributed by atoms with van der Waals surface area (Å²) in [5.74, 6) is -1.97. The van der Waals surface area contributed by atoms with Crippen LogP contribution in [0.5, 0.6) is 0 Å². The minimum absolute atomic E-state index is 0.0108. The topological polar surface area (TPSA) is 85.6 Å². The largest absolute Gasteiger partial charge is 0.368 e. The molecule has 0 aromatic heterocycles. The van der Waals surface area contributed by atoms with Crippen LogP contribution < -0.4 is 4.90 Å². The van der Waals surface area contributed by atoms with Crippen LogP contribution >= 0.6 is 0 Å². The van der Waals surface area contributed by atoms with Crippen LogP contribution in [0, 0.1) is 11.6 Å². The third kappa shape index (κ3) is 3.87. The van der Waals surface area contributed by atoms with E-state index in [1.807, 2.05) is 4.90 Å². The van der Waals surface area contributed by atoms with Crippen LogP contribution in [0.1, 0.15) is 5.56 Å². The number of fused-ring (bicyclic) bond motifs is 1. The summed E-state index contributed by atoms with van der Waals surface area (Å²) in [7, 11) is 0. The Kier molecular flexibility index (Phi) is 5.48. The van der Waals surface area contributed by atoms with Gasteiger partial charge in [-0.3, -0.25) is 9.59 Å². The first kappa shape index (κ1) is 21.6. The van der Waals surface area contributed by atoms with E-state index < -0.39 is 24.3 Å².